The number of esters is 1. The second-order valence-electron chi connectivity index (χ2n) is 6.44. The van der Waals surface area contributed by atoms with Crippen molar-refractivity contribution in [2.45, 2.75) is 46.5 Å². The zero-order chi connectivity index (χ0) is 16.3. The molecule has 1 aromatic carbocycles. The summed E-state index contributed by atoms with van der Waals surface area (Å²) in [5, 5.41) is 0. The van der Waals surface area contributed by atoms with E-state index >= 15 is 0 Å². The lowest BCUT2D eigenvalue weighted by Crippen LogP contribution is -2.40. The molecule has 4 heteroatoms. The largest absolute Gasteiger partial charge is 0.426 e. The van der Waals surface area contributed by atoms with Crippen LogP contribution in [-0.2, 0) is 9.59 Å². The molecule has 1 fully saturated rings. The fourth-order valence-corrected chi connectivity index (χ4v) is 2.80. The normalized spacial score (nSPS) is 16.0. The molecule has 0 aromatic heterocycles. The third kappa shape index (κ3) is 4.09. The van der Waals surface area contributed by atoms with E-state index in [1.165, 1.54) is 5.56 Å². The Balaban J connectivity index is 1.99. The first-order valence-corrected chi connectivity index (χ1v) is 7.95. The SMILES string of the molecule is CC(=O)N1CCC(C(=O)Oc2cc(C)cc(C(C)C)c2)CC1. The number of ether oxygens (including phenoxy) is 1. The third-order valence-corrected chi connectivity index (χ3v) is 4.23. The van der Waals surface area contributed by atoms with Crippen LogP contribution in [0.15, 0.2) is 18.2 Å². The van der Waals surface area contributed by atoms with Crippen molar-refractivity contribution in [1.29, 1.82) is 0 Å². The van der Waals surface area contributed by atoms with Gasteiger partial charge in [-0.25, -0.2) is 0 Å². The van der Waals surface area contributed by atoms with E-state index in [0.717, 1.165) is 5.56 Å². The molecule has 0 saturated carbocycles. The molecule has 1 amide bonds. The van der Waals surface area contributed by atoms with Crippen molar-refractivity contribution < 1.29 is 14.3 Å². The van der Waals surface area contributed by atoms with Gasteiger partial charge in [-0.2, -0.15) is 0 Å². The molecule has 1 aromatic rings. The number of likely N-dealkylation sites (tertiary alicyclic amines) is 1. The van der Waals surface area contributed by atoms with E-state index in [1.54, 1.807) is 11.8 Å². The molecule has 2 rings (SSSR count). The molecule has 1 aliphatic rings. The van der Waals surface area contributed by atoms with Crippen LogP contribution in [0.2, 0.25) is 0 Å². The van der Waals surface area contributed by atoms with Crippen molar-refractivity contribution in [1.82, 2.24) is 4.90 Å². The van der Waals surface area contributed by atoms with Crippen LogP contribution in [-0.4, -0.2) is 29.9 Å². The van der Waals surface area contributed by atoms with Crippen molar-refractivity contribution in [3.63, 3.8) is 0 Å². The fourth-order valence-electron chi connectivity index (χ4n) is 2.80. The average molecular weight is 303 g/mol. The summed E-state index contributed by atoms with van der Waals surface area (Å²) in [5.74, 6) is 0.813. The van der Waals surface area contributed by atoms with Gasteiger partial charge in [-0.3, -0.25) is 9.59 Å². The summed E-state index contributed by atoms with van der Waals surface area (Å²) in [7, 11) is 0. The zero-order valence-electron chi connectivity index (χ0n) is 13.9. The molecule has 1 heterocycles. The Morgan fingerprint density at radius 3 is 2.36 bits per heavy atom. The Morgan fingerprint density at radius 1 is 1.18 bits per heavy atom. The van der Waals surface area contributed by atoms with Crippen LogP contribution in [0.5, 0.6) is 5.75 Å². The zero-order valence-corrected chi connectivity index (χ0v) is 13.9. The van der Waals surface area contributed by atoms with E-state index in [2.05, 4.69) is 19.9 Å². The molecule has 0 radical (unpaired) electrons. The standard InChI is InChI=1S/C18H25NO3/c1-12(2)16-9-13(3)10-17(11-16)22-18(21)15-5-7-19(8-6-15)14(4)20/h9-12,15H,5-8H2,1-4H3. The highest BCUT2D eigenvalue weighted by molar-refractivity contribution is 5.77. The Kier molecular flexibility index (Phi) is 5.22. The molecule has 0 atom stereocenters. The third-order valence-electron chi connectivity index (χ3n) is 4.23. The van der Waals surface area contributed by atoms with Gasteiger partial charge in [0.15, 0.2) is 0 Å². The molecule has 1 saturated heterocycles. The first-order chi connectivity index (χ1) is 10.4. The minimum Gasteiger partial charge on any atom is -0.426 e. The molecule has 4 nitrogen and oxygen atoms in total. The first kappa shape index (κ1) is 16.5. The number of piperidine rings is 1. The van der Waals surface area contributed by atoms with E-state index in [4.69, 9.17) is 4.74 Å². The minimum atomic E-state index is -0.177. The number of rotatable bonds is 3. The molecular weight excluding hydrogens is 278 g/mol. The lowest BCUT2D eigenvalue weighted by Gasteiger charge is -2.30. The summed E-state index contributed by atoms with van der Waals surface area (Å²) in [5.41, 5.74) is 2.27. The van der Waals surface area contributed by atoms with Crippen molar-refractivity contribution in [3.05, 3.63) is 29.3 Å². The van der Waals surface area contributed by atoms with Crippen molar-refractivity contribution >= 4 is 11.9 Å². The van der Waals surface area contributed by atoms with Crippen LogP contribution in [0.25, 0.3) is 0 Å². The van der Waals surface area contributed by atoms with Crippen LogP contribution in [0.1, 0.15) is 50.7 Å². The van der Waals surface area contributed by atoms with E-state index in [0.29, 0.717) is 37.6 Å². The van der Waals surface area contributed by atoms with Gasteiger partial charge < -0.3 is 9.64 Å². The molecule has 0 spiro atoms. The highest BCUT2D eigenvalue weighted by atomic mass is 16.5. The highest BCUT2D eigenvalue weighted by Crippen LogP contribution is 2.25. The molecule has 120 valence electrons. The maximum absolute atomic E-state index is 12.3. The summed E-state index contributed by atoms with van der Waals surface area (Å²) >= 11 is 0. The van der Waals surface area contributed by atoms with Gasteiger partial charge in [-0.15, -0.1) is 0 Å². The van der Waals surface area contributed by atoms with Crippen LogP contribution in [0.4, 0.5) is 0 Å². The summed E-state index contributed by atoms with van der Waals surface area (Å²) in [6.07, 6.45) is 1.36. The Labute approximate surface area is 132 Å². The van der Waals surface area contributed by atoms with Crippen LogP contribution >= 0.6 is 0 Å². The fraction of sp³-hybridized carbons (Fsp3) is 0.556. The van der Waals surface area contributed by atoms with E-state index in [1.807, 2.05) is 19.1 Å². The van der Waals surface area contributed by atoms with Gasteiger partial charge in [0.25, 0.3) is 0 Å². The monoisotopic (exact) mass is 303 g/mol. The molecule has 22 heavy (non-hydrogen) atoms. The molecular formula is C18H25NO3. The van der Waals surface area contributed by atoms with E-state index in [9.17, 15) is 9.59 Å². The predicted molar refractivity (Wildman–Crippen MR) is 85.9 cm³/mol. The molecule has 1 aliphatic heterocycles. The molecule has 0 N–H and O–H groups in total. The highest BCUT2D eigenvalue weighted by Gasteiger charge is 2.27. The van der Waals surface area contributed by atoms with Gasteiger partial charge in [-0.1, -0.05) is 19.9 Å². The van der Waals surface area contributed by atoms with Crippen LogP contribution < -0.4 is 4.74 Å². The number of aryl methyl sites for hydroxylation is 1. The van der Waals surface area contributed by atoms with Crippen LogP contribution in [0.3, 0.4) is 0 Å². The lowest BCUT2D eigenvalue weighted by atomic mass is 9.97. The Hall–Kier alpha value is -1.84. The molecule has 0 aliphatic carbocycles. The number of carbonyl (C=O) groups excluding carboxylic acids is 2. The second-order valence-corrected chi connectivity index (χ2v) is 6.44. The van der Waals surface area contributed by atoms with Gasteiger partial charge in [0.1, 0.15) is 5.75 Å². The smallest absolute Gasteiger partial charge is 0.314 e. The van der Waals surface area contributed by atoms with Crippen molar-refractivity contribution in [3.8, 4) is 5.75 Å². The van der Waals surface area contributed by atoms with Gasteiger partial charge in [-0.05, 0) is 48.9 Å². The number of amides is 1. The number of nitrogens with zero attached hydrogens (tertiary/aromatic N) is 1. The molecule has 0 unspecified atom stereocenters. The number of hydrogen-bond acceptors (Lipinski definition) is 3. The Morgan fingerprint density at radius 2 is 1.82 bits per heavy atom. The van der Waals surface area contributed by atoms with Gasteiger partial charge >= 0.3 is 5.97 Å². The topological polar surface area (TPSA) is 46.6 Å². The van der Waals surface area contributed by atoms with Gasteiger partial charge in [0.05, 0.1) is 5.92 Å². The summed E-state index contributed by atoms with van der Waals surface area (Å²) < 4.78 is 5.58. The summed E-state index contributed by atoms with van der Waals surface area (Å²) in [4.78, 5) is 25.4. The van der Waals surface area contributed by atoms with Crippen molar-refractivity contribution in [2.24, 2.45) is 5.92 Å². The number of benzene rings is 1. The van der Waals surface area contributed by atoms with Gasteiger partial charge in [0.2, 0.25) is 5.91 Å². The van der Waals surface area contributed by atoms with E-state index in [-0.39, 0.29) is 17.8 Å². The molecule has 0 bridgehead atoms. The quantitative estimate of drug-likeness (QED) is 0.636. The van der Waals surface area contributed by atoms with E-state index < -0.39 is 0 Å². The maximum Gasteiger partial charge on any atom is 0.314 e. The number of carbonyl (C=O) groups is 2. The average Bonchev–Trinajstić information content (AvgIpc) is 2.46. The second kappa shape index (κ2) is 6.95. The first-order valence-electron chi connectivity index (χ1n) is 7.95. The maximum atomic E-state index is 12.3. The van der Waals surface area contributed by atoms with Gasteiger partial charge in [0, 0.05) is 20.0 Å². The lowest BCUT2D eigenvalue weighted by molar-refractivity contribution is -0.142. The summed E-state index contributed by atoms with van der Waals surface area (Å²) in [6, 6.07) is 5.96. The Bertz CT molecular complexity index is 557. The summed E-state index contributed by atoms with van der Waals surface area (Å²) in [6.45, 7) is 9.10. The van der Waals surface area contributed by atoms with Crippen molar-refractivity contribution in [2.75, 3.05) is 13.1 Å². The predicted octanol–water partition coefficient (Wildman–Crippen LogP) is 3.28. The van der Waals surface area contributed by atoms with Crippen LogP contribution in [0, 0.1) is 12.8 Å². The number of hydrogen-bond donors (Lipinski definition) is 0. The minimum absolute atomic E-state index is 0.0760.